The van der Waals surface area contributed by atoms with E-state index in [0.717, 1.165) is 16.6 Å². The molecule has 134 valence electrons. The number of ether oxygens (including phenoxy) is 1. The first-order valence-electron chi connectivity index (χ1n) is 8.28. The van der Waals surface area contributed by atoms with E-state index in [4.69, 9.17) is 4.74 Å². The lowest BCUT2D eigenvalue weighted by Gasteiger charge is -2.02. The molecule has 4 aromatic rings. The van der Waals surface area contributed by atoms with Crippen LogP contribution in [0.1, 0.15) is 20.8 Å². The maximum Gasteiger partial charge on any atom is 0.353 e. The number of anilines is 1. The molecule has 0 unspecified atom stereocenters. The van der Waals surface area contributed by atoms with Gasteiger partial charge in [0.2, 0.25) is 5.95 Å². The highest BCUT2D eigenvalue weighted by Crippen LogP contribution is 2.17. The summed E-state index contributed by atoms with van der Waals surface area (Å²) in [5, 5.41) is 6.03. The Morgan fingerprint density at radius 1 is 1.22 bits per heavy atom. The van der Waals surface area contributed by atoms with Crippen LogP contribution in [0.25, 0.3) is 11.0 Å². The summed E-state index contributed by atoms with van der Waals surface area (Å²) >= 11 is 1.35. The van der Waals surface area contributed by atoms with Crippen LogP contribution in [0.3, 0.4) is 0 Å². The number of H-pyrrole nitrogens is 1. The van der Waals surface area contributed by atoms with Crippen LogP contribution in [0.2, 0.25) is 0 Å². The number of aromatic nitrogens is 2. The predicted molar refractivity (Wildman–Crippen MR) is 108 cm³/mol. The third-order valence-corrected chi connectivity index (χ3v) is 4.68. The first-order valence-corrected chi connectivity index (χ1v) is 9.16. The lowest BCUT2D eigenvalue weighted by Crippen LogP contribution is -2.06. The molecule has 27 heavy (non-hydrogen) atoms. The summed E-state index contributed by atoms with van der Waals surface area (Å²) in [4.78, 5) is 20.1. The number of benzene rings is 2. The molecular formula is C20H16N4O2S. The smallest absolute Gasteiger partial charge is 0.353 e. The van der Waals surface area contributed by atoms with Crippen molar-refractivity contribution in [3.05, 3.63) is 76.0 Å². The Bertz CT molecular complexity index is 1100. The highest BCUT2D eigenvalue weighted by atomic mass is 32.1. The molecular weight excluding hydrogens is 360 g/mol. The maximum atomic E-state index is 11.9. The number of esters is 1. The van der Waals surface area contributed by atoms with Gasteiger partial charge in [0.1, 0.15) is 10.6 Å². The SMILES string of the molecule is Cc1ccc2nc(N/N=C\c3ccc(OC(=O)c4cccs4)cc3)[nH]c2c1. The summed E-state index contributed by atoms with van der Waals surface area (Å²) in [7, 11) is 0. The van der Waals surface area contributed by atoms with E-state index in [9.17, 15) is 4.79 Å². The van der Waals surface area contributed by atoms with E-state index in [1.54, 1.807) is 24.4 Å². The zero-order valence-electron chi connectivity index (χ0n) is 14.5. The summed E-state index contributed by atoms with van der Waals surface area (Å²) in [5.74, 6) is 0.715. The summed E-state index contributed by atoms with van der Waals surface area (Å²) in [5.41, 5.74) is 6.77. The van der Waals surface area contributed by atoms with E-state index in [1.807, 2.05) is 48.7 Å². The molecule has 2 N–H and O–H groups in total. The van der Waals surface area contributed by atoms with Gasteiger partial charge >= 0.3 is 5.97 Å². The molecule has 0 atom stereocenters. The number of rotatable bonds is 5. The monoisotopic (exact) mass is 376 g/mol. The zero-order chi connectivity index (χ0) is 18.6. The van der Waals surface area contributed by atoms with Gasteiger partial charge in [-0.25, -0.2) is 15.2 Å². The molecule has 2 aromatic carbocycles. The molecule has 0 amide bonds. The van der Waals surface area contributed by atoms with Gasteiger partial charge in [0.25, 0.3) is 0 Å². The third-order valence-electron chi connectivity index (χ3n) is 3.83. The van der Waals surface area contributed by atoms with Crippen molar-refractivity contribution in [1.29, 1.82) is 0 Å². The van der Waals surface area contributed by atoms with Gasteiger partial charge in [-0.2, -0.15) is 5.10 Å². The van der Waals surface area contributed by atoms with E-state index >= 15 is 0 Å². The number of nitrogens with zero attached hydrogens (tertiary/aromatic N) is 2. The lowest BCUT2D eigenvalue weighted by atomic mass is 10.2. The van der Waals surface area contributed by atoms with E-state index in [2.05, 4.69) is 20.5 Å². The van der Waals surface area contributed by atoms with Gasteiger partial charge in [-0.1, -0.05) is 12.1 Å². The predicted octanol–water partition coefficient (Wildman–Crippen LogP) is 4.60. The highest BCUT2D eigenvalue weighted by Gasteiger charge is 2.09. The molecule has 0 aliphatic heterocycles. The zero-order valence-corrected chi connectivity index (χ0v) is 15.3. The molecule has 0 saturated heterocycles. The first-order chi connectivity index (χ1) is 13.2. The van der Waals surface area contributed by atoms with Crippen LogP contribution in [0.4, 0.5) is 5.95 Å². The topological polar surface area (TPSA) is 79.4 Å². The van der Waals surface area contributed by atoms with Gasteiger partial charge in [0.15, 0.2) is 0 Å². The molecule has 0 spiro atoms. The van der Waals surface area contributed by atoms with Crippen molar-refractivity contribution >= 4 is 40.5 Å². The van der Waals surface area contributed by atoms with E-state index in [0.29, 0.717) is 16.6 Å². The minimum Gasteiger partial charge on any atom is -0.422 e. The molecule has 6 nitrogen and oxygen atoms in total. The van der Waals surface area contributed by atoms with Crippen LogP contribution in [0.5, 0.6) is 5.75 Å². The van der Waals surface area contributed by atoms with Crippen LogP contribution in [0, 0.1) is 6.92 Å². The minimum absolute atomic E-state index is 0.354. The first kappa shape index (κ1) is 17.0. The maximum absolute atomic E-state index is 11.9. The molecule has 0 aliphatic carbocycles. The molecule has 0 bridgehead atoms. The Balaban J connectivity index is 1.38. The number of fused-ring (bicyclic) bond motifs is 1. The van der Waals surface area contributed by atoms with Gasteiger partial charge in [0, 0.05) is 0 Å². The molecule has 0 saturated carbocycles. The average Bonchev–Trinajstić information content (AvgIpc) is 3.32. The second kappa shape index (κ2) is 7.43. The summed E-state index contributed by atoms with van der Waals surface area (Å²) < 4.78 is 5.33. The van der Waals surface area contributed by atoms with Crippen molar-refractivity contribution in [1.82, 2.24) is 9.97 Å². The Morgan fingerprint density at radius 2 is 2.07 bits per heavy atom. The fourth-order valence-corrected chi connectivity index (χ4v) is 3.12. The fraction of sp³-hybridized carbons (Fsp3) is 0.0500. The van der Waals surface area contributed by atoms with Crippen molar-refractivity contribution in [2.45, 2.75) is 6.92 Å². The summed E-state index contributed by atoms with van der Waals surface area (Å²) in [6.07, 6.45) is 1.67. The minimum atomic E-state index is -0.354. The lowest BCUT2D eigenvalue weighted by molar-refractivity contribution is 0.0740. The highest BCUT2D eigenvalue weighted by molar-refractivity contribution is 7.12. The van der Waals surface area contributed by atoms with Gasteiger partial charge in [-0.05, 0) is 65.9 Å². The van der Waals surface area contributed by atoms with Gasteiger partial charge in [0.05, 0.1) is 17.2 Å². The molecule has 0 radical (unpaired) electrons. The van der Waals surface area contributed by atoms with Crippen molar-refractivity contribution in [3.8, 4) is 5.75 Å². The van der Waals surface area contributed by atoms with E-state index in [-0.39, 0.29) is 5.97 Å². The largest absolute Gasteiger partial charge is 0.422 e. The number of aromatic amines is 1. The Morgan fingerprint density at radius 3 is 2.85 bits per heavy atom. The summed E-state index contributed by atoms with van der Waals surface area (Å²) in [6.45, 7) is 2.03. The molecule has 4 rings (SSSR count). The van der Waals surface area contributed by atoms with Crippen LogP contribution in [-0.4, -0.2) is 22.2 Å². The fourth-order valence-electron chi connectivity index (χ4n) is 2.52. The Labute approximate surface area is 159 Å². The number of aryl methyl sites for hydroxylation is 1. The number of hydrazone groups is 1. The van der Waals surface area contributed by atoms with Crippen LogP contribution in [0.15, 0.2) is 65.1 Å². The normalized spacial score (nSPS) is 11.1. The van der Waals surface area contributed by atoms with Gasteiger partial charge < -0.3 is 9.72 Å². The Kier molecular flexibility index (Phi) is 4.67. The molecule has 0 aliphatic rings. The van der Waals surface area contributed by atoms with Crippen molar-refractivity contribution < 1.29 is 9.53 Å². The second-order valence-corrected chi connectivity index (χ2v) is 6.86. The van der Waals surface area contributed by atoms with E-state index < -0.39 is 0 Å². The van der Waals surface area contributed by atoms with Gasteiger partial charge in [-0.15, -0.1) is 11.3 Å². The number of thiophene rings is 1. The van der Waals surface area contributed by atoms with Crippen molar-refractivity contribution in [3.63, 3.8) is 0 Å². The number of imidazole rings is 1. The molecule has 7 heteroatoms. The second-order valence-electron chi connectivity index (χ2n) is 5.91. The molecule has 0 fully saturated rings. The quantitative estimate of drug-likeness (QED) is 0.231. The van der Waals surface area contributed by atoms with Crippen molar-refractivity contribution in [2.75, 3.05) is 5.43 Å². The number of hydrogen-bond donors (Lipinski definition) is 2. The Hall–Kier alpha value is -3.45. The third kappa shape index (κ3) is 4.04. The summed E-state index contributed by atoms with van der Waals surface area (Å²) in [6, 6.07) is 16.7. The average molecular weight is 376 g/mol. The number of hydrogen-bond acceptors (Lipinski definition) is 6. The van der Waals surface area contributed by atoms with Crippen LogP contribution < -0.4 is 10.2 Å². The standard InChI is InChI=1S/C20H16N4O2S/c1-13-4-9-16-17(11-13)23-20(22-16)24-21-12-14-5-7-15(8-6-14)26-19(25)18-3-2-10-27-18/h2-12H,1H3,(H2,22,23,24)/b21-12-. The number of carbonyl (C=O) groups is 1. The number of nitrogens with one attached hydrogen (secondary N) is 2. The number of carbonyl (C=O) groups excluding carboxylic acids is 1. The van der Waals surface area contributed by atoms with Gasteiger partial charge in [-0.3, -0.25) is 0 Å². The van der Waals surface area contributed by atoms with E-state index in [1.165, 1.54) is 16.9 Å². The van der Waals surface area contributed by atoms with Crippen LogP contribution >= 0.6 is 11.3 Å². The van der Waals surface area contributed by atoms with Crippen molar-refractivity contribution in [2.24, 2.45) is 5.10 Å². The molecule has 2 aromatic heterocycles. The van der Waals surface area contributed by atoms with Crippen LogP contribution in [-0.2, 0) is 0 Å². The molecule has 2 heterocycles.